The Hall–Kier alpha value is -0.100. The number of sulfone groups is 2. The lowest BCUT2D eigenvalue weighted by atomic mass is 10.2. The molecule has 0 radical (unpaired) electrons. The minimum atomic E-state index is -3.13. The summed E-state index contributed by atoms with van der Waals surface area (Å²) in [6.07, 6.45) is 7.49. The third-order valence-electron chi connectivity index (χ3n) is 3.69. The van der Waals surface area contributed by atoms with E-state index in [0.29, 0.717) is 12.8 Å². The SMILES string of the molecule is CCCCCCS(=O)(=O)CC(C)CS(=O)(=O)CCCCCC. The van der Waals surface area contributed by atoms with E-state index < -0.39 is 19.7 Å². The molecule has 0 saturated heterocycles. The van der Waals surface area contributed by atoms with Crippen LogP contribution in [0, 0.1) is 5.92 Å². The van der Waals surface area contributed by atoms with Crippen molar-refractivity contribution in [2.75, 3.05) is 23.0 Å². The summed E-state index contributed by atoms with van der Waals surface area (Å²) in [5.74, 6) is 0.0509. The predicted molar refractivity (Wildman–Crippen MR) is 94.8 cm³/mol. The van der Waals surface area contributed by atoms with Gasteiger partial charge in [0.2, 0.25) is 0 Å². The van der Waals surface area contributed by atoms with Crippen LogP contribution in [-0.4, -0.2) is 39.8 Å². The molecule has 0 aliphatic carbocycles. The van der Waals surface area contributed by atoms with Crippen LogP contribution in [-0.2, 0) is 19.7 Å². The van der Waals surface area contributed by atoms with Crippen LogP contribution >= 0.6 is 0 Å². The molecule has 0 N–H and O–H groups in total. The van der Waals surface area contributed by atoms with Crippen LogP contribution < -0.4 is 0 Å². The summed E-state index contributed by atoms with van der Waals surface area (Å²) in [5.41, 5.74) is 0. The van der Waals surface area contributed by atoms with Crippen LogP contribution in [0.2, 0.25) is 0 Å². The second-order valence-corrected chi connectivity index (χ2v) is 10.9. The molecule has 0 rings (SSSR count). The lowest BCUT2D eigenvalue weighted by Gasteiger charge is -2.12. The molecule has 0 aliphatic heterocycles. The van der Waals surface area contributed by atoms with E-state index in [-0.39, 0.29) is 28.9 Å². The minimum Gasteiger partial charge on any atom is -0.229 e. The Morgan fingerprint density at radius 3 is 1.32 bits per heavy atom. The molecule has 0 spiro atoms. The molecule has 0 unspecified atom stereocenters. The summed E-state index contributed by atoms with van der Waals surface area (Å²) in [5, 5.41) is 0. The van der Waals surface area contributed by atoms with E-state index in [1.165, 1.54) is 0 Å². The van der Waals surface area contributed by atoms with Crippen molar-refractivity contribution in [3.63, 3.8) is 0 Å². The molecule has 0 atom stereocenters. The topological polar surface area (TPSA) is 68.3 Å². The van der Waals surface area contributed by atoms with Gasteiger partial charge in [-0.1, -0.05) is 59.3 Å². The highest BCUT2D eigenvalue weighted by molar-refractivity contribution is 7.92. The standard InChI is InChI=1S/C16H34O4S2/c1-4-6-8-10-12-21(17,18)14-16(3)15-22(19,20)13-11-9-7-5-2/h16H,4-15H2,1-3H3. The van der Waals surface area contributed by atoms with Crippen LogP contribution in [0.4, 0.5) is 0 Å². The van der Waals surface area contributed by atoms with E-state index >= 15 is 0 Å². The fraction of sp³-hybridized carbons (Fsp3) is 1.00. The van der Waals surface area contributed by atoms with E-state index in [1.54, 1.807) is 6.92 Å². The second-order valence-electron chi connectivity index (χ2n) is 6.46. The first-order chi connectivity index (χ1) is 10.2. The van der Waals surface area contributed by atoms with Gasteiger partial charge in [-0.25, -0.2) is 16.8 Å². The highest BCUT2D eigenvalue weighted by Gasteiger charge is 2.21. The van der Waals surface area contributed by atoms with Crippen molar-refractivity contribution >= 4 is 19.7 Å². The van der Waals surface area contributed by atoms with Gasteiger partial charge in [0.05, 0.1) is 23.0 Å². The second kappa shape index (κ2) is 11.4. The fourth-order valence-corrected chi connectivity index (χ4v) is 6.32. The summed E-state index contributed by atoms with van der Waals surface area (Å²) in [6, 6.07) is 0. The van der Waals surface area contributed by atoms with Crippen LogP contribution in [0.1, 0.15) is 72.1 Å². The smallest absolute Gasteiger partial charge is 0.150 e. The van der Waals surface area contributed by atoms with Crippen molar-refractivity contribution < 1.29 is 16.8 Å². The third-order valence-corrected chi connectivity index (χ3v) is 7.67. The normalized spacial score (nSPS) is 12.9. The van der Waals surface area contributed by atoms with Crippen molar-refractivity contribution in [3.05, 3.63) is 0 Å². The van der Waals surface area contributed by atoms with E-state index in [0.717, 1.165) is 38.5 Å². The molecular formula is C16H34O4S2. The van der Waals surface area contributed by atoms with Crippen LogP contribution in [0.15, 0.2) is 0 Å². The largest absolute Gasteiger partial charge is 0.229 e. The van der Waals surface area contributed by atoms with Crippen molar-refractivity contribution in [1.82, 2.24) is 0 Å². The molecule has 22 heavy (non-hydrogen) atoms. The summed E-state index contributed by atoms with van der Waals surface area (Å²) >= 11 is 0. The van der Waals surface area contributed by atoms with Gasteiger partial charge in [0, 0.05) is 0 Å². The zero-order valence-corrected chi connectivity index (χ0v) is 16.1. The number of hydrogen-bond donors (Lipinski definition) is 0. The van der Waals surface area contributed by atoms with Gasteiger partial charge in [0.1, 0.15) is 0 Å². The van der Waals surface area contributed by atoms with Crippen LogP contribution in [0.5, 0.6) is 0 Å². The van der Waals surface area contributed by atoms with E-state index in [4.69, 9.17) is 0 Å². The Balaban J connectivity index is 4.16. The molecule has 0 amide bonds. The van der Waals surface area contributed by atoms with Gasteiger partial charge in [0.15, 0.2) is 19.7 Å². The van der Waals surface area contributed by atoms with Gasteiger partial charge in [-0.3, -0.25) is 0 Å². The summed E-state index contributed by atoms with van der Waals surface area (Å²) in [6.45, 7) is 5.90. The summed E-state index contributed by atoms with van der Waals surface area (Å²) < 4.78 is 48.0. The molecule has 0 saturated carbocycles. The molecule has 6 heteroatoms. The van der Waals surface area contributed by atoms with Crippen LogP contribution in [0.25, 0.3) is 0 Å². The Bertz CT molecular complexity index is 422. The molecule has 134 valence electrons. The first kappa shape index (κ1) is 21.9. The first-order valence-electron chi connectivity index (χ1n) is 8.63. The molecule has 0 aliphatic rings. The Morgan fingerprint density at radius 2 is 1.00 bits per heavy atom. The molecule has 0 aromatic carbocycles. The van der Waals surface area contributed by atoms with Crippen molar-refractivity contribution in [2.24, 2.45) is 5.92 Å². The summed E-state index contributed by atoms with van der Waals surface area (Å²) in [4.78, 5) is 0. The zero-order valence-electron chi connectivity index (χ0n) is 14.5. The Labute approximate surface area is 137 Å². The van der Waals surface area contributed by atoms with Crippen LogP contribution in [0.3, 0.4) is 0 Å². The maximum Gasteiger partial charge on any atom is 0.150 e. The van der Waals surface area contributed by atoms with Crippen molar-refractivity contribution in [3.8, 4) is 0 Å². The highest BCUT2D eigenvalue weighted by Crippen LogP contribution is 2.11. The number of hydrogen-bond acceptors (Lipinski definition) is 4. The van der Waals surface area contributed by atoms with Crippen molar-refractivity contribution in [1.29, 1.82) is 0 Å². The molecule has 4 nitrogen and oxygen atoms in total. The predicted octanol–water partition coefficient (Wildman–Crippen LogP) is 3.61. The van der Waals surface area contributed by atoms with Gasteiger partial charge >= 0.3 is 0 Å². The van der Waals surface area contributed by atoms with Gasteiger partial charge in [0.25, 0.3) is 0 Å². The first-order valence-corrected chi connectivity index (χ1v) is 12.3. The average Bonchev–Trinajstić information content (AvgIpc) is 2.38. The lowest BCUT2D eigenvalue weighted by Crippen LogP contribution is -2.24. The van der Waals surface area contributed by atoms with Gasteiger partial charge in [-0.05, 0) is 18.8 Å². The van der Waals surface area contributed by atoms with Gasteiger partial charge in [-0.2, -0.15) is 0 Å². The van der Waals surface area contributed by atoms with Gasteiger partial charge in [-0.15, -0.1) is 0 Å². The quantitative estimate of drug-likeness (QED) is 0.447. The number of rotatable bonds is 14. The average molecular weight is 355 g/mol. The summed E-state index contributed by atoms with van der Waals surface area (Å²) in [7, 11) is -6.25. The third kappa shape index (κ3) is 12.4. The molecule has 0 heterocycles. The zero-order chi connectivity index (χ0) is 17.1. The van der Waals surface area contributed by atoms with Crippen molar-refractivity contribution in [2.45, 2.75) is 72.1 Å². The molecular weight excluding hydrogens is 320 g/mol. The lowest BCUT2D eigenvalue weighted by molar-refractivity contribution is 0.564. The maximum atomic E-state index is 12.0. The van der Waals surface area contributed by atoms with E-state index in [2.05, 4.69) is 13.8 Å². The molecule has 0 aromatic rings. The fourth-order valence-electron chi connectivity index (χ4n) is 2.58. The minimum absolute atomic E-state index is 0.00663. The Morgan fingerprint density at radius 1 is 0.636 bits per heavy atom. The Kier molecular flexibility index (Phi) is 11.4. The van der Waals surface area contributed by atoms with Gasteiger partial charge < -0.3 is 0 Å². The molecule has 0 aromatic heterocycles. The monoisotopic (exact) mass is 354 g/mol. The van der Waals surface area contributed by atoms with E-state index in [9.17, 15) is 16.8 Å². The maximum absolute atomic E-state index is 12.0. The van der Waals surface area contributed by atoms with E-state index in [1.807, 2.05) is 0 Å². The molecule has 0 fully saturated rings. The highest BCUT2D eigenvalue weighted by atomic mass is 32.2. The number of unbranched alkanes of at least 4 members (excludes halogenated alkanes) is 6. The molecule has 0 bridgehead atoms.